The molecule has 5 aromatic rings. The van der Waals surface area contributed by atoms with Crippen LogP contribution >= 0.6 is 0 Å². The van der Waals surface area contributed by atoms with Crippen molar-refractivity contribution in [1.82, 2.24) is 0 Å². The van der Waals surface area contributed by atoms with E-state index in [1.54, 1.807) is 0 Å². The lowest BCUT2D eigenvalue weighted by molar-refractivity contribution is 1.59. The molecule has 0 atom stereocenters. The topological polar surface area (TPSA) is 0 Å². The number of fused-ring (bicyclic) bond motifs is 1. The number of rotatable bonds is 4. The molecule has 0 fully saturated rings. The molecule has 0 spiro atoms. The molecule has 0 nitrogen and oxygen atoms in total. The summed E-state index contributed by atoms with van der Waals surface area (Å²) in [6, 6.07) is 43.0. The van der Waals surface area contributed by atoms with Crippen molar-refractivity contribution < 1.29 is 0 Å². The first kappa shape index (κ1) is 18.1. The van der Waals surface area contributed by atoms with Crippen molar-refractivity contribution in [3.8, 4) is 22.3 Å². The van der Waals surface area contributed by atoms with Crippen molar-refractivity contribution in [2.45, 2.75) is 0 Å². The Labute approximate surface area is 177 Å². The molecule has 0 aliphatic heterocycles. The Bertz CT molecular complexity index is 1330. The Morgan fingerprint density at radius 3 is 2.00 bits per heavy atom. The molecule has 0 heterocycles. The van der Waals surface area contributed by atoms with Gasteiger partial charge in [0.25, 0.3) is 0 Å². The van der Waals surface area contributed by atoms with Gasteiger partial charge in [0.05, 0.1) is 0 Å². The second-order valence-electron chi connectivity index (χ2n) is 7.47. The Morgan fingerprint density at radius 1 is 0.400 bits per heavy atom. The summed E-state index contributed by atoms with van der Waals surface area (Å²) in [5, 5.41) is 2.54. The van der Waals surface area contributed by atoms with Crippen LogP contribution in [-0.4, -0.2) is 0 Å². The van der Waals surface area contributed by atoms with E-state index in [9.17, 15) is 0 Å². The second-order valence-corrected chi connectivity index (χ2v) is 7.47. The minimum Gasteiger partial charge on any atom is -0.0622 e. The molecule has 142 valence electrons. The van der Waals surface area contributed by atoms with Gasteiger partial charge < -0.3 is 0 Å². The third-order valence-corrected chi connectivity index (χ3v) is 5.47. The van der Waals surface area contributed by atoms with Crippen LogP contribution in [0.15, 0.2) is 121 Å². The van der Waals surface area contributed by atoms with Crippen LogP contribution in [0.1, 0.15) is 11.1 Å². The van der Waals surface area contributed by atoms with Crippen molar-refractivity contribution in [2.24, 2.45) is 0 Å². The maximum Gasteiger partial charge on any atom is -0.0111 e. The fourth-order valence-electron chi connectivity index (χ4n) is 3.90. The molecule has 0 heteroatoms. The molecule has 0 aliphatic carbocycles. The maximum atomic E-state index is 2.27. The van der Waals surface area contributed by atoms with Crippen LogP contribution in [0.4, 0.5) is 0 Å². The molecule has 0 unspecified atom stereocenters. The zero-order valence-electron chi connectivity index (χ0n) is 16.7. The Kier molecular flexibility index (Phi) is 4.98. The van der Waals surface area contributed by atoms with Gasteiger partial charge in [0.1, 0.15) is 0 Å². The lowest BCUT2D eigenvalue weighted by Gasteiger charge is -2.07. The Hall–Kier alpha value is -3.90. The molecule has 0 aliphatic rings. The van der Waals surface area contributed by atoms with E-state index >= 15 is 0 Å². The summed E-state index contributed by atoms with van der Waals surface area (Å²) in [5.41, 5.74) is 7.39. The number of benzene rings is 5. The van der Waals surface area contributed by atoms with Gasteiger partial charge in [-0.3, -0.25) is 0 Å². The molecule has 0 N–H and O–H groups in total. The van der Waals surface area contributed by atoms with Crippen molar-refractivity contribution in [3.63, 3.8) is 0 Å². The highest BCUT2D eigenvalue weighted by molar-refractivity contribution is 5.88. The van der Waals surface area contributed by atoms with Crippen LogP contribution in [-0.2, 0) is 0 Å². The number of hydrogen-bond acceptors (Lipinski definition) is 0. The summed E-state index contributed by atoms with van der Waals surface area (Å²) in [4.78, 5) is 0. The van der Waals surface area contributed by atoms with E-state index < -0.39 is 0 Å². The van der Waals surface area contributed by atoms with E-state index in [-0.39, 0.29) is 0 Å². The van der Waals surface area contributed by atoms with Crippen LogP contribution < -0.4 is 0 Å². The molecule has 0 radical (unpaired) electrons. The monoisotopic (exact) mass is 382 g/mol. The third-order valence-electron chi connectivity index (χ3n) is 5.47. The van der Waals surface area contributed by atoms with Gasteiger partial charge in [-0.05, 0) is 56.3 Å². The normalized spacial score (nSPS) is 11.2. The molecule has 5 rings (SSSR count). The fourth-order valence-corrected chi connectivity index (χ4v) is 3.90. The molecule has 30 heavy (non-hydrogen) atoms. The van der Waals surface area contributed by atoms with E-state index in [1.165, 1.54) is 44.2 Å². The van der Waals surface area contributed by atoms with Crippen LogP contribution in [0.2, 0.25) is 0 Å². The van der Waals surface area contributed by atoms with E-state index in [0.717, 1.165) is 0 Å². The lowest BCUT2D eigenvalue weighted by Crippen LogP contribution is -1.83. The molecule has 0 saturated carbocycles. The molecule has 0 bridgehead atoms. The third kappa shape index (κ3) is 3.81. The Balaban J connectivity index is 1.47. The quantitative estimate of drug-likeness (QED) is 0.274. The van der Waals surface area contributed by atoms with Crippen LogP contribution in [0.25, 0.3) is 45.2 Å². The summed E-state index contributed by atoms with van der Waals surface area (Å²) in [6.45, 7) is 0. The number of hydrogen-bond donors (Lipinski definition) is 0. The summed E-state index contributed by atoms with van der Waals surface area (Å²) in [5.74, 6) is 0. The smallest absolute Gasteiger partial charge is 0.0111 e. The predicted octanol–water partition coefficient (Wildman–Crippen LogP) is 8.34. The predicted molar refractivity (Wildman–Crippen MR) is 130 cm³/mol. The Morgan fingerprint density at radius 2 is 1.10 bits per heavy atom. The highest BCUT2D eigenvalue weighted by Crippen LogP contribution is 2.27. The van der Waals surface area contributed by atoms with Crippen LogP contribution in [0.5, 0.6) is 0 Å². The molecular weight excluding hydrogens is 360 g/mol. The van der Waals surface area contributed by atoms with Crippen molar-refractivity contribution >= 4 is 22.9 Å². The lowest BCUT2D eigenvalue weighted by atomic mass is 9.97. The fraction of sp³-hybridized carbons (Fsp3) is 0. The zero-order chi connectivity index (χ0) is 20.2. The van der Waals surface area contributed by atoms with Gasteiger partial charge in [-0.2, -0.15) is 0 Å². The average molecular weight is 383 g/mol. The average Bonchev–Trinajstić information content (AvgIpc) is 2.83. The molecule has 0 aromatic heterocycles. The molecular formula is C30H22. The van der Waals surface area contributed by atoms with E-state index in [4.69, 9.17) is 0 Å². The largest absolute Gasteiger partial charge is 0.0622 e. The van der Waals surface area contributed by atoms with Gasteiger partial charge in [0, 0.05) is 0 Å². The van der Waals surface area contributed by atoms with Gasteiger partial charge in [-0.25, -0.2) is 0 Å². The first-order valence-corrected chi connectivity index (χ1v) is 10.3. The highest BCUT2D eigenvalue weighted by Gasteiger charge is 2.03. The highest BCUT2D eigenvalue weighted by atomic mass is 14.1. The van der Waals surface area contributed by atoms with Crippen molar-refractivity contribution in [3.05, 3.63) is 132 Å². The SMILES string of the molecule is C(=Cc1ccccc1-c1ccccc1)c1cccc(-c2ccc3ccccc3c2)c1. The first-order chi connectivity index (χ1) is 14.9. The second kappa shape index (κ2) is 8.23. The van der Waals surface area contributed by atoms with Gasteiger partial charge in [0.15, 0.2) is 0 Å². The van der Waals surface area contributed by atoms with Gasteiger partial charge in [-0.15, -0.1) is 0 Å². The van der Waals surface area contributed by atoms with Gasteiger partial charge in [0.2, 0.25) is 0 Å². The summed E-state index contributed by atoms with van der Waals surface area (Å²) >= 11 is 0. The van der Waals surface area contributed by atoms with Crippen LogP contribution in [0.3, 0.4) is 0 Å². The summed E-state index contributed by atoms with van der Waals surface area (Å²) < 4.78 is 0. The maximum absolute atomic E-state index is 2.27. The van der Waals surface area contributed by atoms with E-state index in [2.05, 4.69) is 133 Å². The van der Waals surface area contributed by atoms with Crippen molar-refractivity contribution in [1.29, 1.82) is 0 Å². The van der Waals surface area contributed by atoms with Crippen LogP contribution in [0, 0.1) is 0 Å². The van der Waals surface area contributed by atoms with Gasteiger partial charge >= 0.3 is 0 Å². The standard InChI is InChI=1S/C30H22/c1-2-11-25(12-3-1)30-16-7-6-13-26(30)18-17-23-9-8-15-27(21-23)29-20-19-24-10-4-5-14-28(24)22-29/h1-22H. The van der Waals surface area contributed by atoms with Crippen molar-refractivity contribution in [2.75, 3.05) is 0 Å². The summed E-state index contributed by atoms with van der Waals surface area (Å²) in [6.07, 6.45) is 4.41. The minimum absolute atomic E-state index is 1.20. The summed E-state index contributed by atoms with van der Waals surface area (Å²) in [7, 11) is 0. The minimum atomic E-state index is 1.20. The zero-order valence-corrected chi connectivity index (χ0v) is 16.7. The molecule has 0 saturated heterocycles. The van der Waals surface area contributed by atoms with E-state index in [0.29, 0.717) is 0 Å². The first-order valence-electron chi connectivity index (χ1n) is 10.3. The van der Waals surface area contributed by atoms with Gasteiger partial charge in [-0.1, -0.05) is 121 Å². The van der Waals surface area contributed by atoms with E-state index in [1.807, 2.05) is 0 Å². The molecule has 0 amide bonds. The molecule has 5 aromatic carbocycles.